The molecule has 1 aromatic rings. The fourth-order valence-electron chi connectivity index (χ4n) is 2.79. The van der Waals surface area contributed by atoms with Gasteiger partial charge in [0.2, 0.25) is 0 Å². The summed E-state index contributed by atoms with van der Waals surface area (Å²) in [6.45, 7) is 3.15. The van der Waals surface area contributed by atoms with Gasteiger partial charge in [0.1, 0.15) is 5.15 Å². The van der Waals surface area contributed by atoms with Crippen LogP contribution in [0.25, 0.3) is 5.57 Å². The molecule has 0 spiro atoms. The third kappa shape index (κ3) is 1.57. The molecule has 0 bridgehead atoms. The first kappa shape index (κ1) is 10.3. The Morgan fingerprint density at radius 1 is 1.50 bits per heavy atom. The first-order chi connectivity index (χ1) is 7.75. The van der Waals surface area contributed by atoms with Gasteiger partial charge in [-0.2, -0.15) is 0 Å². The average Bonchev–Trinajstić information content (AvgIpc) is 2.83. The van der Waals surface area contributed by atoms with Crippen molar-refractivity contribution in [2.75, 3.05) is 6.54 Å². The lowest BCUT2D eigenvalue weighted by Gasteiger charge is -2.15. The van der Waals surface area contributed by atoms with E-state index in [1.54, 1.807) is 0 Å². The monoisotopic (exact) mass is 234 g/mol. The minimum atomic E-state index is 0.544. The molecule has 1 aliphatic heterocycles. The number of allylic oxidation sites excluding steroid dienone is 1. The van der Waals surface area contributed by atoms with Crippen LogP contribution in [0.15, 0.2) is 18.3 Å². The molecule has 1 aliphatic carbocycles. The molecule has 3 heteroatoms. The van der Waals surface area contributed by atoms with Gasteiger partial charge in [-0.3, -0.25) is 0 Å². The molecule has 3 rings (SSSR count). The van der Waals surface area contributed by atoms with Crippen LogP contribution in [-0.2, 0) is 0 Å². The van der Waals surface area contributed by atoms with Crippen LogP contribution in [0.2, 0.25) is 5.15 Å². The van der Waals surface area contributed by atoms with Crippen LogP contribution in [-0.4, -0.2) is 17.6 Å². The smallest absolute Gasteiger partial charge is 0.131 e. The number of hydrogen-bond donors (Lipinski definition) is 1. The number of pyridine rings is 1. The van der Waals surface area contributed by atoms with Gasteiger partial charge < -0.3 is 5.32 Å². The molecule has 2 nitrogen and oxygen atoms in total. The molecular formula is C13H15ClN2. The van der Waals surface area contributed by atoms with Crippen LogP contribution >= 0.6 is 11.6 Å². The van der Waals surface area contributed by atoms with Gasteiger partial charge in [-0.05, 0) is 55.0 Å². The van der Waals surface area contributed by atoms with E-state index in [2.05, 4.69) is 22.4 Å². The number of nitrogens with one attached hydrogen (secondary N) is 1. The Labute approximate surface area is 101 Å². The summed E-state index contributed by atoms with van der Waals surface area (Å²) in [6, 6.07) is 2.69. The number of rotatable bonds is 1. The Bertz CT molecular complexity index is 453. The highest BCUT2D eigenvalue weighted by molar-refractivity contribution is 6.30. The summed E-state index contributed by atoms with van der Waals surface area (Å²) >= 11 is 5.95. The Morgan fingerprint density at radius 3 is 3.19 bits per heavy atom. The molecular weight excluding hydrogens is 220 g/mol. The summed E-state index contributed by atoms with van der Waals surface area (Å²) in [5, 5.41) is 4.18. The first-order valence-electron chi connectivity index (χ1n) is 5.81. The van der Waals surface area contributed by atoms with Crippen molar-refractivity contribution in [2.45, 2.75) is 25.8 Å². The zero-order valence-electron chi connectivity index (χ0n) is 9.33. The predicted molar refractivity (Wildman–Crippen MR) is 66.5 cm³/mol. The van der Waals surface area contributed by atoms with E-state index in [0.29, 0.717) is 11.2 Å². The SMILES string of the molecule is Cc1cc(C2=CCC3CCNC23)cnc1Cl. The van der Waals surface area contributed by atoms with E-state index in [1.807, 2.05) is 13.1 Å². The summed E-state index contributed by atoms with van der Waals surface area (Å²) in [5.74, 6) is 0.797. The summed E-state index contributed by atoms with van der Waals surface area (Å²) in [7, 11) is 0. The van der Waals surface area contributed by atoms with E-state index in [9.17, 15) is 0 Å². The zero-order chi connectivity index (χ0) is 11.1. The van der Waals surface area contributed by atoms with Gasteiger partial charge in [-0.1, -0.05) is 17.7 Å². The first-order valence-corrected chi connectivity index (χ1v) is 6.19. The molecule has 2 heterocycles. The molecule has 1 saturated heterocycles. The number of aromatic nitrogens is 1. The molecule has 2 atom stereocenters. The van der Waals surface area contributed by atoms with E-state index in [0.717, 1.165) is 18.0 Å². The largest absolute Gasteiger partial charge is 0.310 e. The van der Waals surface area contributed by atoms with Crippen LogP contribution in [0.5, 0.6) is 0 Å². The van der Waals surface area contributed by atoms with Crippen molar-refractivity contribution in [3.05, 3.63) is 34.6 Å². The summed E-state index contributed by atoms with van der Waals surface area (Å²) in [4.78, 5) is 4.23. The van der Waals surface area contributed by atoms with Crippen molar-refractivity contribution in [3.63, 3.8) is 0 Å². The number of halogens is 1. The Kier molecular flexibility index (Phi) is 2.49. The third-order valence-corrected chi connectivity index (χ3v) is 4.07. The van der Waals surface area contributed by atoms with Crippen molar-refractivity contribution in [1.82, 2.24) is 10.3 Å². The van der Waals surface area contributed by atoms with Crippen molar-refractivity contribution in [1.29, 1.82) is 0 Å². The maximum atomic E-state index is 5.95. The summed E-state index contributed by atoms with van der Waals surface area (Å²) in [5.41, 5.74) is 3.69. The number of hydrogen-bond acceptors (Lipinski definition) is 2. The molecule has 0 amide bonds. The van der Waals surface area contributed by atoms with E-state index < -0.39 is 0 Å². The molecule has 1 aromatic heterocycles. The highest BCUT2D eigenvalue weighted by atomic mass is 35.5. The van der Waals surface area contributed by atoms with Gasteiger partial charge in [0.25, 0.3) is 0 Å². The zero-order valence-corrected chi connectivity index (χ0v) is 10.1. The molecule has 0 radical (unpaired) electrons. The van der Waals surface area contributed by atoms with Gasteiger partial charge in [-0.15, -0.1) is 0 Å². The molecule has 0 saturated carbocycles. The number of aryl methyl sites for hydroxylation is 1. The Balaban J connectivity index is 1.95. The summed E-state index contributed by atoms with van der Waals surface area (Å²) in [6.07, 6.45) is 6.74. The van der Waals surface area contributed by atoms with Crippen molar-refractivity contribution in [3.8, 4) is 0 Å². The molecule has 16 heavy (non-hydrogen) atoms. The Morgan fingerprint density at radius 2 is 2.38 bits per heavy atom. The van der Waals surface area contributed by atoms with Gasteiger partial charge >= 0.3 is 0 Å². The third-order valence-electron chi connectivity index (χ3n) is 3.67. The van der Waals surface area contributed by atoms with Crippen LogP contribution < -0.4 is 5.32 Å². The molecule has 1 fully saturated rings. The van der Waals surface area contributed by atoms with Gasteiger partial charge in [0.15, 0.2) is 0 Å². The normalized spacial score (nSPS) is 28.0. The van der Waals surface area contributed by atoms with Crippen LogP contribution in [0.1, 0.15) is 24.0 Å². The van der Waals surface area contributed by atoms with Crippen LogP contribution in [0, 0.1) is 12.8 Å². The van der Waals surface area contributed by atoms with E-state index >= 15 is 0 Å². The van der Waals surface area contributed by atoms with Gasteiger partial charge in [-0.25, -0.2) is 4.98 Å². The second-order valence-corrected chi connectivity index (χ2v) is 5.07. The molecule has 2 aliphatic rings. The number of fused-ring (bicyclic) bond motifs is 1. The molecule has 84 valence electrons. The molecule has 1 N–H and O–H groups in total. The highest BCUT2D eigenvalue weighted by Crippen LogP contribution is 2.37. The second-order valence-electron chi connectivity index (χ2n) is 4.71. The fraction of sp³-hybridized carbons (Fsp3) is 0.462. The molecule has 0 aromatic carbocycles. The van der Waals surface area contributed by atoms with Crippen molar-refractivity contribution >= 4 is 17.2 Å². The second kappa shape index (κ2) is 3.86. The maximum Gasteiger partial charge on any atom is 0.131 e. The minimum absolute atomic E-state index is 0.544. The number of nitrogens with zero attached hydrogens (tertiary/aromatic N) is 1. The van der Waals surface area contributed by atoms with Crippen LogP contribution in [0.3, 0.4) is 0 Å². The van der Waals surface area contributed by atoms with Crippen LogP contribution in [0.4, 0.5) is 0 Å². The lowest BCUT2D eigenvalue weighted by molar-refractivity contribution is 0.557. The fourth-order valence-corrected chi connectivity index (χ4v) is 2.90. The lowest BCUT2D eigenvalue weighted by Crippen LogP contribution is -2.24. The van der Waals surface area contributed by atoms with Crippen molar-refractivity contribution < 1.29 is 0 Å². The quantitative estimate of drug-likeness (QED) is 0.756. The highest BCUT2D eigenvalue weighted by Gasteiger charge is 2.33. The lowest BCUT2D eigenvalue weighted by atomic mass is 9.97. The average molecular weight is 235 g/mol. The minimum Gasteiger partial charge on any atom is -0.310 e. The van der Waals surface area contributed by atoms with Gasteiger partial charge in [0.05, 0.1) is 0 Å². The molecule has 2 unspecified atom stereocenters. The maximum absolute atomic E-state index is 5.95. The summed E-state index contributed by atoms with van der Waals surface area (Å²) < 4.78 is 0. The standard InChI is InChI=1S/C13H15ClN2/c1-8-6-10(7-16-13(8)14)11-3-2-9-4-5-15-12(9)11/h3,6-7,9,12,15H,2,4-5H2,1H3. The van der Waals surface area contributed by atoms with Gasteiger partial charge in [0, 0.05) is 12.2 Å². The Hall–Kier alpha value is -0.860. The van der Waals surface area contributed by atoms with E-state index in [4.69, 9.17) is 11.6 Å². The predicted octanol–water partition coefficient (Wildman–Crippen LogP) is 2.81. The van der Waals surface area contributed by atoms with E-state index in [-0.39, 0.29) is 0 Å². The van der Waals surface area contributed by atoms with E-state index in [1.165, 1.54) is 24.0 Å². The van der Waals surface area contributed by atoms with Crippen molar-refractivity contribution in [2.24, 2.45) is 5.92 Å². The topological polar surface area (TPSA) is 24.9 Å².